The van der Waals surface area contributed by atoms with E-state index in [2.05, 4.69) is 123 Å². The van der Waals surface area contributed by atoms with Gasteiger partial charge in [-0.3, -0.25) is 0 Å². The zero-order valence-electron chi connectivity index (χ0n) is 26.3. The minimum atomic E-state index is 0.791. The number of unbranched alkanes of at least 4 members (excludes halogenated alkanes) is 6. The first-order chi connectivity index (χ1) is 21.7. The summed E-state index contributed by atoms with van der Waals surface area (Å²) in [5.74, 6) is 1.92. The van der Waals surface area contributed by atoms with Crippen LogP contribution >= 0.6 is 0 Å². The van der Waals surface area contributed by atoms with E-state index >= 15 is 0 Å². The third-order valence-electron chi connectivity index (χ3n) is 8.66. The number of hydrogen-bond donors (Lipinski definition) is 0. The highest BCUT2D eigenvalue weighted by molar-refractivity contribution is 5.95. The van der Waals surface area contributed by atoms with Crippen LogP contribution in [0.3, 0.4) is 0 Å². The van der Waals surface area contributed by atoms with Crippen molar-refractivity contribution in [1.29, 1.82) is 0 Å². The number of ether oxygens (including phenoxy) is 2. The summed E-state index contributed by atoms with van der Waals surface area (Å²) in [6.07, 6.45) is 9.76. The van der Waals surface area contributed by atoms with Gasteiger partial charge in [-0.15, -0.1) is 0 Å². The highest BCUT2D eigenvalue weighted by Crippen LogP contribution is 2.33. The average Bonchev–Trinajstić information content (AvgIpc) is 3.07. The van der Waals surface area contributed by atoms with Crippen LogP contribution in [0.15, 0.2) is 109 Å². The van der Waals surface area contributed by atoms with Crippen molar-refractivity contribution in [2.45, 2.75) is 65.2 Å². The maximum Gasteiger partial charge on any atom is 0.119 e. The lowest BCUT2D eigenvalue weighted by Gasteiger charge is -2.11. The number of rotatable bonds is 14. The van der Waals surface area contributed by atoms with Crippen LogP contribution < -0.4 is 9.47 Å². The SMILES string of the molecule is CCCCCCOc1ccc2cc(-c3ccc4cc(-c5ccc6cc(OCCCCCC)ccc6c5)ccc4c3)ccc2c1. The number of benzene rings is 6. The minimum Gasteiger partial charge on any atom is -0.494 e. The van der Waals surface area contributed by atoms with Gasteiger partial charge in [-0.1, -0.05) is 113 Å². The van der Waals surface area contributed by atoms with E-state index in [0.717, 1.165) is 37.6 Å². The fourth-order valence-corrected chi connectivity index (χ4v) is 6.03. The van der Waals surface area contributed by atoms with E-state index in [1.54, 1.807) is 0 Å². The van der Waals surface area contributed by atoms with Crippen LogP contribution in [0.5, 0.6) is 11.5 Å². The minimum absolute atomic E-state index is 0.791. The van der Waals surface area contributed by atoms with Crippen LogP contribution in [-0.2, 0) is 0 Å². The van der Waals surface area contributed by atoms with Crippen molar-refractivity contribution in [2.75, 3.05) is 13.2 Å². The van der Waals surface area contributed by atoms with Crippen LogP contribution in [0.4, 0.5) is 0 Å². The third-order valence-corrected chi connectivity index (χ3v) is 8.66. The zero-order chi connectivity index (χ0) is 30.1. The summed E-state index contributed by atoms with van der Waals surface area (Å²) in [4.78, 5) is 0. The average molecular weight is 581 g/mol. The molecule has 6 aromatic rings. The molecular weight excluding hydrogens is 536 g/mol. The van der Waals surface area contributed by atoms with Crippen LogP contribution in [0.25, 0.3) is 54.6 Å². The van der Waals surface area contributed by atoms with E-state index < -0.39 is 0 Å². The summed E-state index contributed by atoms with van der Waals surface area (Å²) in [5.41, 5.74) is 4.93. The van der Waals surface area contributed by atoms with Gasteiger partial charge in [0.1, 0.15) is 11.5 Å². The van der Waals surface area contributed by atoms with Crippen molar-refractivity contribution in [3.05, 3.63) is 109 Å². The Morgan fingerprint density at radius 1 is 0.341 bits per heavy atom. The molecule has 224 valence electrons. The Balaban J connectivity index is 1.15. The molecule has 0 spiro atoms. The molecule has 0 fully saturated rings. The molecule has 0 atom stereocenters. The molecule has 0 bridgehead atoms. The second-order valence-electron chi connectivity index (χ2n) is 12.0. The molecule has 0 amide bonds. The van der Waals surface area contributed by atoms with Gasteiger partial charge < -0.3 is 9.47 Å². The normalized spacial score (nSPS) is 11.4. The Bertz CT molecular complexity index is 1710. The van der Waals surface area contributed by atoms with E-state index in [-0.39, 0.29) is 0 Å². The largest absolute Gasteiger partial charge is 0.494 e. The molecule has 0 aliphatic carbocycles. The Morgan fingerprint density at radius 2 is 0.659 bits per heavy atom. The summed E-state index contributed by atoms with van der Waals surface area (Å²) < 4.78 is 12.0. The highest BCUT2D eigenvalue weighted by Gasteiger charge is 2.07. The quantitative estimate of drug-likeness (QED) is 0.119. The molecule has 0 N–H and O–H groups in total. The lowest BCUT2D eigenvalue weighted by atomic mass is 9.95. The molecule has 0 heterocycles. The first kappa shape index (κ1) is 29.8. The Hall–Kier alpha value is -4.30. The number of hydrogen-bond acceptors (Lipinski definition) is 2. The van der Waals surface area contributed by atoms with Crippen LogP contribution in [0.2, 0.25) is 0 Å². The molecule has 0 aliphatic heterocycles. The van der Waals surface area contributed by atoms with E-state index in [9.17, 15) is 0 Å². The van der Waals surface area contributed by atoms with Gasteiger partial charge in [0.05, 0.1) is 13.2 Å². The van der Waals surface area contributed by atoms with E-state index in [1.165, 1.54) is 93.1 Å². The van der Waals surface area contributed by atoms with Crippen molar-refractivity contribution >= 4 is 32.3 Å². The predicted molar refractivity (Wildman–Crippen MR) is 189 cm³/mol. The molecule has 2 heteroatoms. The molecule has 6 aromatic carbocycles. The molecule has 2 nitrogen and oxygen atoms in total. The van der Waals surface area contributed by atoms with E-state index in [4.69, 9.17) is 9.47 Å². The van der Waals surface area contributed by atoms with Gasteiger partial charge in [0.25, 0.3) is 0 Å². The van der Waals surface area contributed by atoms with Gasteiger partial charge in [-0.05, 0) is 116 Å². The molecule has 44 heavy (non-hydrogen) atoms. The summed E-state index contributed by atoms with van der Waals surface area (Å²) in [6.45, 7) is 6.05. The van der Waals surface area contributed by atoms with Crippen molar-refractivity contribution in [2.24, 2.45) is 0 Å². The Morgan fingerprint density at radius 3 is 1.00 bits per heavy atom. The fourth-order valence-electron chi connectivity index (χ4n) is 6.03. The van der Waals surface area contributed by atoms with Crippen molar-refractivity contribution in [3.8, 4) is 33.8 Å². The van der Waals surface area contributed by atoms with Crippen molar-refractivity contribution < 1.29 is 9.47 Å². The first-order valence-corrected chi connectivity index (χ1v) is 16.6. The van der Waals surface area contributed by atoms with Crippen LogP contribution in [-0.4, -0.2) is 13.2 Å². The lowest BCUT2D eigenvalue weighted by Crippen LogP contribution is -1.97. The fraction of sp³-hybridized carbons (Fsp3) is 0.286. The van der Waals surface area contributed by atoms with Crippen molar-refractivity contribution in [3.63, 3.8) is 0 Å². The number of fused-ring (bicyclic) bond motifs is 3. The Labute approximate surface area is 262 Å². The maximum atomic E-state index is 6.01. The molecule has 0 aliphatic rings. The van der Waals surface area contributed by atoms with Crippen LogP contribution in [0.1, 0.15) is 65.2 Å². The molecule has 0 radical (unpaired) electrons. The summed E-state index contributed by atoms with van der Waals surface area (Å²) in [5, 5.41) is 7.40. The Kier molecular flexibility index (Phi) is 9.77. The van der Waals surface area contributed by atoms with E-state index in [1.807, 2.05) is 0 Å². The molecule has 0 saturated heterocycles. The first-order valence-electron chi connectivity index (χ1n) is 16.6. The van der Waals surface area contributed by atoms with E-state index in [0.29, 0.717) is 0 Å². The predicted octanol–water partition coefficient (Wildman–Crippen LogP) is 12.4. The summed E-state index contributed by atoms with van der Waals surface area (Å²) >= 11 is 0. The molecule has 6 rings (SSSR count). The second-order valence-corrected chi connectivity index (χ2v) is 12.0. The van der Waals surface area contributed by atoms with Crippen molar-refractivity contribution in [1.82, 2.24) is 0 Å². The van der Waals surface area contributed by atoms with Crippen LogP contribution in [0, 0.1) is 0 Å². The summed E-state index contributed by atoms with van der Waals surface area (Å²) in [6, 6.07) is 39.9. The second kappa shape index (κ2) is 14.4. The van der Waals surface area contributed by atoms with Gasteiger partial charge in [-0.2, -0.15) is 0 Å². The van der Waals surface area contributed by atoms with Gasteiger partial charge in [0.15, 0.2) is 0 Å². The molecule has 0 saturated carbocycles. The smallest absolute Gasteiger partial charge is 0.119 e. The van der Waals surface area contributed by atoms with Gasteiger partial charge in [-0.25, -0.2) is 0 Å². The third kappa shape index (κ3) is 7.25. The monoisotopic (exact) mass is 580 g/mol. The lowest BCUT2D eigenvalue weighted by molar-refractivity contribution is 0.305. The molecule has 0 aromatic heterocycles. The molecule has 0 unspecified atom stereocenters. The highest BCUT2D eigenvalue weighted by atomic mass is 16.5. The van der Waals surface area contributed by atoms with Gasteiger partial charge >= 0.3 is 0 Å². The zero-order valence-corrected chi connectivity index (χ0v) is 26.3. The topological polar surface area (TPSA) is 18.5 Å². The maximum absolute atomic E-state index is 6.01. The van der Waals surface area contributed by atoms with Gasteiger partial charge in [0, 0.05) is 0 Å². The molecular formula is C42H44O2. The summed E-state index contributed by atoms with van der Waals surface area (Å²) in [7, 11) is 0. The van der Waals surface area contributed by atoms with Gasteiger partial charge in [0.2, 0.25) is 0 Å². The standard InChI is InChI=1S/C42H44O2/c1-3-5-7-9-23-43-41-21-19-37-27-35(15-17-39(37)29-41)33-13-11-32-26-34(14-12-31(32)25-33)36-16-18-40-30-42(22-20-38(40)28-36)44-24-10-8-6-4-2/h11-22,25-30H,3-10,23-24H2,1-2H3.